The van der Waals surface area contributed by atoms with Crippen LogP contribution in [-0.4, -0.2) is 31.5 Å². The molecule has 1 aromatic carbocycles. The number of nitrogens with one attached hydrogen (secondary N) is 1. The molecule has 0 radical (unpaired) electrons. The smallest absolute Gasteiger partial charge is 0.337 e. The van der Waals surface area contributed by atoms with Crippen LogP contribution in [0.15, 0.2) is 11.0 Å². The second kappa shape index (κ2) is 6.15. The van der Waals surface area contributed by atoms with Crippen molar-refractivity contribution in [1.82, 2.24) is 9.88 Å². The highest BCUT2D eigenvalue weighted by Gasteiger charge is 2.38. The number of aromatic carboxylic acids is 1. The van der Waals surface area contributed by atoms with Crippen LogP contribution in [0.1, 0.15) is 66.8 Å². The fourth-order valence-electron chi connectivity index (χ4n) is 4.61. The molecule has 3 unspecified atom stereocenters. The van der Waals surface area contributed by atoms with E-state index in [0.717, 1.165) is 41.3 Å². The van der Waals surface area contributed by atoms with Crippen LogP contribution >= 0.6 is 0 Å². The van der Waals surface area contributed by atoms with Crippen molar-refractivity contribution in [2.75, 3.05) is 0 Å². The molecular weight excluding hydrogens is 364 g/mol. The van der Waals surface area contributed by atoms with E-state index in [1.54, 1.807) is 6.07 Å². The number of rotatable bonds is 3. The molecule has 0 saturated carbocycles. The van der Waals surface area contributed by atoms with Crippen molar-refractivity contribution in [3.63, 3.8) is 0 Å². The molecule has 2 aliphatic heterocycles. The standard InChI is InChI=1S/C20H26N2O4S/c1-10-8-14(27(25)26-20(2,3)4)16(19(23)24)17-15-12-7-6-11(21-12)9-13(15)22(5)18(10)17/h8,11-12,21H,6-7,9H2,1-5H3,(H,23,24). The van der Waals surface area contributed by atoms with Crippen molar-refractivity contribution in [3.05, 3.63) is 28.5 Å². The molecule has 27 heavy (non-hydrogen) atoms. The van der Waals surface area contributed by atoms with Crippen LogP contribution in [-0.2, 0) is 28.7 Å². The van der Waals surface area contributed by atoms with Crippen molar-refractivity contribution in [3.8, 4) is 0 Å². The quantitative estimate of drug-likeness (QED) is 0.840. The second-order valence-corrected chi connectivity index (χ2v) is 9.72. The van der Waals surface area contributed by atoms with Gasteiger partial charge in [0.1, 0.15) is 0 Å². The number of nitrogens with zero attached hydrogens (tertiary/aromatic N) is 1. The van der Waals surface area contributed by atoms with Gasteiger partial charge >= 0.3 is 5.97 Å². The largest absolute Gasteiger partial charge is 0.478 e. The Morgan fingerprint density at radius 3 is 2.70 bits per heavy atom. The van der Waals surface area contributed by atoms with Gasteiger partial charge in [-0.15, -0.1) is 0 Å². The number of hydrogen-bond donors (Lipinski definition) is 2. The predicted octanol–water partition coefficient (Wildman–Crippen LogP) is 3.37. The average Bonchev–Trinajstić information content (AvgIpc) is 3.06. The van der Waals surface area contributed by atoms with Crippen LogP contribution in [0.3, 0.4) is 0 Å². The molecule has 2 bridgehead atoms. The van der Waals surface area contributed by atoms with Crippen molar-refractivity contribution < 1.29 is 18.3 Å². The molecule has 4 rings (SSSR count). The van der Waals surface area contributed by atoms with Crippen LogP contribution in [0.5, 0.6) is 0 Å². The maximum Gasteiger partial charge on any atom is 0.337 e. The lowest BCUT2D eigenvalue weighted by molar-refractivity contribution is 0.0693. The number of carbonyl (C=O) groups is 1. The van der Waals surface area contributed by atoms with E-state index in [4.69, 9.17) is 4.18 Å². The Bertz CT molecular complexity index is 986. The third-order valence-corrected chi connectivity index (χ3v) is 6.86. The first kappa shape index (κ1) is 18.7. The lowest BCUT2D eigenvalue weighted by Crippen LogP contribution is -2.32. The summed E-state index contributed by atoms with van der Waals surface area (Å²) in [5.74, 6) is -1.06. The zero-order valence-corrected chi connectivity index (χ0v) is 17.2. The minimum atomic E-state index is -1.86. The van der Waals surface area contributed by atoms with Crippen molar-refractivity contribution in [2.45, 2.75) is 69.5 Å². The van der Waals surface area contributed by atoms with Crippen LogP contribution in [0.2, 0.25) is 0 Å². The van der Waals surface area contributed by atoms with E-state index in [2.05, 4.69) is 9.88 Å². The van der Waals surface area contributed by atoms with E-state index in [-0.39, 0.29) is 16.5 Å². The maximum absolute atomic E-state index is 12.9. The molecule has 146 valence electrons. The molecule has 2 N–H and O–H groups in total. The maximum atomic E-state index is 12.9. The van der Waals surface area contributed by atoms with Gasteiger partial charge in [-0.05, 0) is 57.7 Å². The lowest BCUT2D eigenvalue weighted by Gasteiger charge is -2.23. The summed E-state index contributed by atoms with van der Waals surface area (Å²) >= 11 is -1.86. The summed E-state index contributed by atoms with van der Waals surface area (Å²) in [6, 6.07) is 2.33. The van der Waals surface area contributed by atoms with Gasteiger partial charge in [-0.2, -0.15) is 0 Å². The van der Waals surface area contributed by atoms with E-state index in [1.807, 2.05) is 34.7 Å². The number of aryl methyl sites for hydroxylation is 2. The summed E-state index contributed by atoms with van der Waals surface area (Å²) < 4.78 is 20.7. The Hall–Kier alpha value is -1.70. The molecule has 3 atom stereocenters. The zero-order chi connectivity index (χ0) is 19.7. The van der Waals surface area contributed by atoms with Crippen LogP contribution in [0.25, 0.3) is 10.9 Å². The third-order valence-electron chi connectivity index (χ3n) is 5.52. The highest BCUT2D eigenvalue weighted by molar-refractivity contribution is 7.80. The molecule has 6 nitrogen and oxygen atoms in total. The van der Waals surface area contributed by atoms with E-state index < -0.39 is 22.7 Å². The summed E-state index contributed by atoms with van der Waals surface area (Å²) in [6.07, 6.45) is 2.99. The van der Waals surface area contributed by atoms with Gasteiger partial charge in [0, 0.05) is 36.6 Å². The average molecular weight is 391 g/mol. The zero-order valence-electron chi connectivity index (χ0n) is 16.4. The summed E-state index contributed by atoms with van der Waals surface area (Å²) in [5.41, 5.74) is 3.58. The van der Waals surface area contributed by atoms with Crippen molar-refractivity contribution in [2.24, 2.45) is 7.05 Å². The SMILES string of the molecule is Cc1cc(S(=O)OC(C)(C)C)c(C(=O)O)c2c3c(n(C)c12)CC1CCC3N1. The monoisotopic (exact) mass is 390 g/mol. The van der Waals surface area contributed by atoms with Gasteiger partial charge in [0.25, 0.3) is 0 Å². The first-order valence-electron chi connectivity index (χ1n) is 9.34. The Kier molecular flexibility index (Phi) is 4.25. The normalized spacial score (nSPS) is 22.9. The molecule has 0 amide bonds. The summed E-state index contributed by atoms with van der Waals surface area (Å²) in [4.78, 5) is 12.5. The summed E-state index contributed by atoms with van der Waals surface area (Å²) in [6.45, 7) is 7.37. The Labute approximate surface area is 161 Å². The molecular formula is C20H26N2O4S. The number of carboxylic acid groups (broad SMARTS) is 1. The molecule has 3 heterocycles. The molecule has 1 aromatic heterocycles. The summed E-state index contributed by atoms with van der Waals surface area (Å²) in [7, 11) is 2.01. The number of benzene rings is 1. The van der Waals surface area contributed by atoms with Gasteiger partial charge in [0.2, 0.25) is 0 Å². The van der Waals surface area contributed by atoms with Gasteiger partial charge in [0.15, 0.2) is 11.1 Å². The highest BCUT2D eigenvalue weighted by atomic mass is 32.2. The first-order valence-corrected chi connectivity index (χ1v) is 10.4. The van der Waals surface area contributed by atoms with Gasteiger partial charge in [-0.25, -0.2) is 9.00 Å². The summed E-state index contributed by atoms with van der Waals surface area (Å²) in [5, 5.41) is 14.4. The van der Waals surface area contributed by atoms with Crippen molar-refractivity contribution in [1.29, 1.82) is 0 Å². The second-order valence-electron chi connectivity index (χ2n) is 8.64. The van der Waals surface area contributed by atoms with Crippen LogP contribution in [0.4, 0.5) is 0 Å². The molecule has 0 spiro atoms. The first-order chi connectivity index (χ1) is 12.6. The lowest BCUT2D eigenvalue weighted by atomic mass is 9.95. The van der Waals surface area contributed by atoms with Crippen LogP contribution < -0.4 is 5.32 Å². The van der Waals surface area contributed by atoms with Crippen LogP contribution in [0, 0.1) is 6.92 Å². The minimum Gasteiger partial charge on any atom is -0.478 e. The topological polar surface area (TPSA) is 80.6 Å². The Morgan fingerprint density at radius 1 is 1.37 bits per heavy atom. The Morgan fingerprint density at radius 2 is 2.07 bits per heavy atom. The highest BCUT2D eigenvalue weighted by Crippen LogP contribution is 2.44. The molecule has 0 aliphatic carbocycles. The predicted molar refractivity (Wildman–Crippen MR) is 104 cm³/mol. The Balaban J connectivity index is 2.04. The number of hydrogen-bond acceptors (Lipinski definition) is 4. The molecule has 7 heteroatoms. The number of fused-ring (bicyclic) bond motifs is 6. The molecule has 2 aromatic rings. The molecule has 2 aliphatic rings. The van der Waals surface area contributed by atoms with Crippen molar-refractivity contribution >= 4 is 28.0 Å². The van der Waals surface area contributed by atoms with E-state index >= 15 is 0 Å². The van der Waals surface area contributed by atoms with E-state index in [0.29, 0.717) is 6.04 Å². The van der Waals surface area contributed by atoms with Gasteiger partial charge in [-0.3, -0.25) is 4.18 Å². The van der Waals surface area contributed by atoms with Gasteiger partial charge in [-0.1, -0.05) is 0 Å². The molecule has 1 saturated heterocycles. The third kappa shape index (κ3) is 2.92. The fourth-order valence-corrected chi connectivity index (χ4v) is 5.78. The fraction of sp³-hybridized carbons (Fsp3) is 0.550. The van der Waals surface area contributed by atoms with Gasteiger partial charge < -0.3 is 15.0 Å². The number of carboxylic acids is 1. The van der Waals surface area contributed by atoms with Gasteiger partial charge in [0.05, 0.1) is 21.6 Å². The minimum absolute atomic E-state index is 0.113. The molecule has 1 fully saturated rings. The van der Waals surface area contributed by atoms with E-state index in [1.165, 1.54) is 5.69 Å². The van der Waals surface area contributed by atoms with E-state index in [9.17, 15) is 14.1 Å². The number of aromatic nitrogens is 1.